The van der Waals surface area contributed by atoms with Gasteiger partial charge in [0.25, 0.3) is 0 Å². The second-order valence-electron chi connectivity index (χ2n) is 2.86. The van der Waals surface area contributed by atoms with Crippen molar-refractivity contribution in [3.63, 3.8) is 0 Å². The summed E-state index contributed by atoms with van der Waals surface area (Å²) in [7, 11) is 0. The Morgan fingerprint density at radius 1 is 1.14 bits per heavy atom. The van der Waals surface area contributed by atoms with Gasteiger partial charge in [-0.2, -0.15) is 0 Å². The van der Waals surface area contributed by atoms with Gasteiger partial charge in [-0.05, 0) is 12.1 Å². The molecule has 2 nitrogen and oxygen atoms in total. The van der Waals surface area contributed by atoms with Gasteiger partial charge in [0, 0.05) is 10.0 Å². The monoisotopic (exact) mass is 296 g/mol. The predicted molar refractivity (Wildman–Crippen MR) is 58.8 cm³/mol. The fourth-order valence-electron chi connectivity index (χ4n) is 1.26. The molecule has 0 aromatic heterocycles. The van der Waals surface area contributed by atoms with E-state index in [0.29, 0.717) is 23.3 Å². The van der Waals surface area contributed by atoms with Gasteiger partial charge in [0.05, 0.1) is 23.3 Å². The maximum Gasteiger partial charge on any atom is 0.185 e. The number of halogens is 3. The van der Waals surface area contributed by atoms with Crippen LogP contribution in [0.2, 0.25) is 10.0 Å². The normalized spacial score (nSPS) is 17.6. The van der Waals surface area contributed by atoms with Crippen LogP contribution < -0.4 is 0 Å². The van der Waals surface area contributed by atoms with Crippen LogP contribution in [0.1, 0.15) is 11.9 Å². The maximum atomic E-state index is 5.90. The molecule has 1 aliphatic rings. The Labute approximate surface area is 100 Å². The first kappa shape index (κ1) is 10.7. The molecule has 1 fully saturated rings. The average molecular weight is 298 g/mol. The van der Waals surface area contributed by atoms with E-state index < -0.39 is 0 Å². The molecule has 14 heavy (non-hydrogen) atoms. The molecule has 1 saturated heterocycles. The van der Waals surface area contributed by atoms with Crippen LogP contribution in [0.5, 0.6) is 0 Å². The topological polar surface area (TPSA) is 18.5 Å². The van der Waals surface area contributed by atoms with Gasteiger partial charge in [0.2, 0.25) is 0 Å². The van der Waals surface area contributed by atoms with Crippen molar-refractivity contribution in [3.8, 4) is 0 Å². The summed E-state index contributed by atoms with van der Waals surface area (Å²) in [6.45, 7) is 1.22. The Morgan fingerprint density at radius 3 is 2.36 bits per heavy atom. The Kier molecular flexibility index (Phi) is 3.34. The van der Waals surface area contributed by atoms with E-state index >= 15 is 0 Å². The smallest absolute Gasteiger partial charge is 0.185 e. The molecule has 1 heterocycles. The SMILES string of the molecule is Clc1cc(Br)c(C2OCCO2)cc1Cl. The van der Waals surface area contributed by atoms with E-state index in [1.54, 1.807) is 12.1 Å². The van der Waals surface area contributed by atoms with Gasteiger partial charge in [-0.1, -0.05) is 39.1 Å². The molecule has 1 aliphatic heterocycles. The third-order valence-corrected chi connectivity index (χ3v) is 3.32. The first-order chi connectivity index (χ1) is 6.68. The standard InChI is InChI=1S/C9H7BrCl2O2/c10-6-4-8(12)7(11)3-5(6)9-13-1-2-14-9/h3-4,9H,1-2H2. The van der Waals surface area contributed by atoms with Crippen LogP contribution in [0, 0.1) is 0 Å². The molecule has 0 bridgehead atoms. The van der Waals surface area contributed by atoms with Gasteiger partial charge in [-0.25, -0.2) is 0 Å². The minimum absolute atomic E-state index is 0.334. The van der Waals surface area contributed by atoms with Crippen molar-refractivity contribution in [1.29, 1.82) is 0 Å². The molecular weight excluding hydrogens is 291 g/mol. The summed E-state index contributed by atoms with van der Waals surface area (Å²) in [5.74, 6) is 0. The van der Waals surface area contributed by atoms with E-state index in [4.69, 9.17) is 32.7 Å². The van der Waals surface area contributed by atoms with Crippen molar-refractivity contribution in [2.75, 3.05) is 13.2 Å². The molecule has 0 amide bonds. The molecule has 0 spiro atoms. The Bertz CT molecular complexity index is 351. The number of hydrogen-bond donors (Lipinski definition) is 0. The molecule has 1 aromatic rings. The summed E-state index contributed by atoms with van der Waals surface area (Å²) < 4.78 is 11.6. The van der Waals surface area contributed by atoms with Gasteiger partial charge in [0.15, 0.2) is 6.29 Å². The van der Waals surface area contributed by atoms with Gasteiger partial charge >= 0.3 is 0 Å². The molecule has 0 N–H and O–H groups in total. The summed E-state index contributed by atoms with van der Waals surface area (Å²) in [6, 6.07) is 3.49. The van der Waals surface area contributed by atoms with Gasteiger partial charge in [-0.15, -0.1) is 0 Å². The lowest BCUT2D eigenvalue weighted by molar-refractivity contribution is -0.0446. The van der Waals surface area contributed by atoms with Gasteiger partial charge < -0.3 is 9.47 Å². The van der Waals surface area contributed by atoms with Crippen molar-refractivity contribution in [2.24, 2.45) is 0 Å². The van der Waals surface area contributed by atoms with Gasteiger partial charge in [0.1, 0.15) is 0 Å². The quantitative estimate of drug-likeness (QED) is 0.734. The molecule has 76 valence electrons. The molecule has 1 aromatic carbocycles. The highest BCUT2D eigenvalue weighted by Gasteiger charge is 2.21. The second kappa shape index (κ2) is 4.37. The molecule has 0 aliphatic carbocycles. The van der Waals surface area contributed by atoms with Crippen LogP contribution in [0.3, 0.4) is 0 Å². The molecule has 0 saturated carbocycles. The number of rotatable bonds is 1. The highest BCUT2D eigenvalue weighted by molar-refractivity contribution is 9.10. The van der Waals surface area contributed by atoms with Crippen molar-refractivity contribution in [2.45, 2.75) is 6.29 Å². The fourth-order valence-corrected chi connectivity index (χ4v) is 2.25. The van der Waals surface area contributed by atoms with Crippen molar-refractivity contribution in [1.82, 2.24) is 0 Å². The van der Waals surface area contributed by atoms with E-state index in [1.165, 1.54) is 0 Å². The molecule has 0 radical (unpaired) electrons. The number of ether oxygens (including phenoxy) is 2. The predicted octanol–water partition coefficient (Wildman–Crippen LogP) is 3.80. The first-order valence-corrected chi connectivity index (χ1v) is 5.61. The molecule has 5 heteroatoms. The summed E-state index contributed by atoms with van der Waals surface area (Å²) in [4.78, 5) is 0. The first-order valence-electron chi connectivity index (χ1n) is 4.06. The molecule has 0 atom stereocenters. The van der Waals surface area contributed by atoms with E-state index in [2.05, 4.69) is 15.9 Å². The third-order valence-electron chi connectivity index (χ3n) is 1.92. The lowest BCUT2D eigenvalue weighted by atomic mass is 10.2. The molecular formula is C9H7BrCl2O2. The van der Waals surface area contributed by atoms with E-state index in [0.717, 1.165) is 10.0 Å². The molecule has 2 rings (SSSR count). The summed E-state index contributed by atoms with van der Waals surface area (Å²) >= 11 is 15.1. The fraction of sp³-hybridized carbons (Fsp3) is 0.333. The number of hydrogen-bond acceptors (Lipinski definition) is 2. The maximum absolute atomic E-state index is 5.90. The summed E-state index contributed by atoms with van der Waals surface area (Å²) in [5, 5.41) is 1.02. The highest BCUT2D eigenvalue weighted by atomic mass is 79.9. The van der Waals surface area contributed by atoms with Crippen LogP contribution in [-0.2, 0) is 9.47 Å². The van der Waals surface area contributed by atoms with E-state index in [-0.39, 0.29) is 6.29 Å². The van der Waals surface area contributed by atoms with Crippen LogP contribution >= 0.6 is 39.1 Å². The van der Waals surface area contributed by atoms with Crippen LogP contribution in [0.4, 0.5) is 0 Å². The zero-order valence-corrected chi connectivity index (χ0v) is 10.2. The third kappa shape index (κ3) is 2.07. The highest BCUT2D eigenvalue weighted by Crippen LogP contribution is 2.35. The van der Waals surface area contributed by atoms with Crippen LogP contribution in [0.25, 0.3) is 0 Å². The minimum Gasteiger partial charge on any atom is -0.346 e. The largest absolute Gasteiger partial charge is 0.346 e. The second-order valence-corrected chi connectivity index (χ2v) is 4.53. The summed E-state index contributed by atoms with van der Waals surface area (Å²) in [5.41, 5.74) is 0.872. The Morgan fingerprint density at radius 2 is 1.71 bits per heavy atom. The lowest BCUT2D eigenvalue weighted by Gasteiger charge is -2.12. The number of benzene rings is 1. The Balaban J connectivity index is 2.37. The lowest BCUT2D eigenvalue weighted by Crippen LogP contribution is -1.99. The van der Waals surface area contributed by atoms with Crippen molar-refractivity contribution in [3.05, 3.63) is 32.2 Å². The zero-order chi connectivity index (χ0) is 10.1. The van der Waals surface area contributed by atoms with Crippen molar-refractivity contribution >= 4 is 39.1 Å². The minimum atomic E-state index is -0.334. The van der Waals surface area contributed by atoms with E-state index in [9.17, 15) is 0 Å². The zero-order valence-electron chi connectivity index (χ0n) is 7.10. The van der Waals surface area contributed by atoms with Crippen LogP contribution in [-0.4, -0.2) is 13.2 Å². The van der Waals surface area contributed by atoms with Gasteiger partial charge in [-0.3, -0.25) is 0 Å². The molecule has 0 unspecified atom stereocenters. The van der Waals surface area contributed by atoms with Crippen LogP contribution in [0.15, 0.2) is 16.6 Å². The Hall–Kier alpha value is 0.200. The average Bonchev–Trinajstić information content (AvgIpc) is 2.64. The van der Waals surface area contributed by atoms with E-state index in [1.807, 2.05) is 0 Å². The summed E-state index contributed by atoms with van der Waals surface area (Å²) in [6.07, 6.45) is -0.334. The van der Waals surface area contributed by atoms with Crippen molar-refractivity contribution < 1.29 is 9.47 Å².